The molecule has 1 aliphatic heterocycles. The average Bonchev–Trinajstić information content (AvgIpc) is 2.95. The Kier molecular flexibility index (Phi) is 6.23. The van der Waals surface area contributed by atoms with E-state index in [2.05, 4.69) is 27.4 Å². The predicted molar refractivity (Wildman–Crippen MR) is 109 cm³/mol. The van der Waals surface area contributed by atoms with Crippen molar-refractivity contribution in [3.05, 3.63) is 40.4 Å². The van der Waals surface area contributed by atoms with Gasteiger partial charge in [0.2, 0.25) is 5.91 Å². The van der Waals surface area contributed by atoms with Crippen LogP contribution >= 0.6 is 11.3 Å². The maximum atomic E-state index is 12.5. The van der Waals surface area contributed by atoms with E-state index in [1.54, 1.807) is 24.3 Å². The Morgan fingerprint density at radius 2 is 2.00 bits per heavy atom. The fraction of sp³-hybridized carbons (Fsp3) is 0.450. The van der Waals surface area contributed by atoms with Crippen molar-refractivity contribution in [3.8, 4) is 0 Å². The average molecular weight is 387 g/mol. The molecule has 2 aromatic rings. The number of piperidine rings is 1. The Bertz CT molecular complexity index is 825. The van der Waals surface area contributed by atoms with Crippen LogP contribution in [-0.4, -0.2) is 34.8 Å². The van der Waals surface area contributed by atoms with E-state index in [1.165, 1.54) is 36.0 Å². The third-order valence-electron chi connectivity index (χ3n) is 4.80. The molecule has 6 nitrogen and oxygen atoms in total. The number of hydrogen-bond donors (Lipinski definition) is 2. The maximum Gasteiger partial charge on any atom is 0.257 e. The fourth-order valence-corrected chi connectivity index (χ4v) is 4.16. The minimum absolute atomic E-state index is 0.167. The molecule has 27 heavy (non-hydrogen) atoms. The standard InChI is InChI=1S/C20H26N4O2S/c1-13-7-9-24(10-8-13)12-18-14(2)21-20(27-18)23-19(26)16-5-4-6-17(11-16)22-15(3)25/h4-6,11,13H,7-10,12H2,1-3H3,(H,22,25)(H,21,23,26). The lowest BCUT2D eigenvalue weighted by Crippen LogP contribution is -2.32. The maximum absolute atomic E-state index is 12.5. The first-order valence-electron chi connectivity index (χ1n) is 9.28. The van der Waals surface area contributed by atoms with Crippen molar-refractivity contribution < 1.29 is 9.59 Å². The third-order valence-corrected chi connectivity index (χ3v) is 5.86. The van der Waals surface area contributed by atoms with E-state index in [0.717, 1.165) is 31.2 Å². The summed E-state index contributed by atoms with van der Waals surface area (Å²) in [6.07, 6.45) is 2.48. The molecule has 1 aromatic carbocycles. The Morgan fingerprint density at radius 3 is 2.70 bits per heavy atom. The Morgan fingerprint density at radius 1 is 1.26 bits per heavy atom. The van der Waals surface area contributed by atoms with Crippen LogP contribution in [0.25, 0.3) is 0 Å². The summed E-state index contributed by atoms with van der Waals surface area (Å²) in [7, 11) is 0. The van der Waals surface area contributed by atoms with Gasteiger partial charge in [-0.15, -0.1) is 11.3 Å². The predicted octanol–water partition coefficient (Wildman–Crippen LogP) is 3.89. The number of nitrogens with one attached hydrogen (secondary N) is 2. The fourth-order valence-electron chi connectivity index (χ4n) is 3.16. The van der Waals surface area contributed by atoms with Gasteiger partial charge < -0.3 is 5.32 Å². The SMILES string of the molecule is CC(=O)Nc1cccc(C(=O)Nc2nc(C)c(CN3CCC(C)CC3)s2)c1. The molecule has 2 amide bonds. The highest BCUT2D eigenvalue weighted by Crippen LogP contribution is 2.26. The van der Waals surface area contributed by atoms with Gasteiger partial charge in [0.25, 0.3) is 5.91 Å². The van der Waals surface area contributed by atoms with Gasteiger partial charge in [-0.1, -0.05) is 13.0 Å². The summed E-state index contributed by atoms with van der Waals surface area (Å²) in [4.78, 5) is 31.9. The van der Waals surface area contributed by atoms with E-state index >= 15 is 0 Å². The Labute approximate surface area is 164 Å². The van der Waals surface area contributed by atoms with E-state index in [1.807, 2.05) is 6.92 Å². The number of carbonyl (C=O) groups excluding carboxylic acids is 2. The van der Waals surface area contributed by atoms with Crippen LogP contribution in [-0.2, 0) is 11.3 Å². The minimum atomic E-state index is -0.228. The van der Waals surface area contributed by atoms with E-state index in [-0.39, 0.29) is 11.8 Å². The van der Waals surface area contributed by atoms with Gasteiger partial charge in [0.05, 0.1) is 5.69 Å². The van der Waals surface area contributed by atoms with E-state index in [9.17, 15) is 9.59 Å². The summed E-state index contributed by atoms with van der Waals surface area (Å²) < 4.78 is 0. The Balaban J connectivity index is 1.64. The summed E-state index contributed by atoms with van der Waals surface area (Å²) in [6, 6.07) is 6.88. The van der Waals surface area contributed by atoms with Gasteiger partial charge in [-0.3, -0.25) is 19.8 Å². The van der Waals surface area contributed by atoms with Gasteiger partial charge in [0.1, 0.15) is 0 Å². The number of aryl methyl sites for hydroxylation is 1. The summed E-state index contributed by atoms with van der Waals surface area (Å²) >= 11 is 1.54. The molecule has 1 aromatic heterocycles. The topological polar surface area (TPSA) is 74.3 Å². The molecule has 1 fully saturated rings. The zero-order valence-electron chi connectivity index (χ0n) is 16.0. The molecule has 2 N–H and O–H groups in total. The van der Waals surface area contributed by atoms with Gasteiger partial charge in [-0.25, -0.2) is 4.98 Å². The van der Waals surface area contributed by atoms with Crippen molar-refractivity contribution >= 4 is 34.0 Å². The van der Waals surface area contributed by atoms with Crippen molar-refractivity contribution in [1.29, 1.82) is 0 Å². The smallest absolute Gasteiger partial charge is 0.257 e. The first-order valence-corrected chi connectivity index (χ1v) is 10.1. The number of carbonyl (C=O) groups is 2. The highest BCUT2D eigenvalue weighted by atomic mass is 32.1. The van der Waals surface area contributed by atoms with Gasteiger partial charge in [-0.2, -0.15) is 0 Å². The van der Waals surface area contributed by atoms with Crippen LogP contribution in [0, 0.1) is 12.8 Å². The van der Waals surface area contributed by atoms with Gasteiger partial charge >= 0.3 is 0 Å². The second-order valence-electron chi connectivity index (χ2n) is 7.20. The molecular weight excluding hydrogens is 360 g/mol. The van der Waals surface area contributed by atoms with Crippen molar-refractivity contribution in [2.24, 2.45) is 5.92 Å². The molecule has 0 unspecified atom stereocenters. The lowest BCUT2D eigenvalue weighted by Gasteiger charge is -2.29. The molecule has 1 saturated heterocycles. The summed E-state index contributed by atoms with van der Waals surface area (Å²) in [5.74, 6) is 0.418. The lowest BCUT2D eigenvalue weighted by molar-refractivity contribution is -0.114. The van der Waals surface area contributed by atoms with Crippen LogP contribution in [0.15, 0.2) is 24.3 Å². The number of likely N-dealkylation sites (tertiary alicyclic amines) is 1. The Hall–Kier alpha value is -2.25. The minimum Gasteiger partial charge on any atom is -0.326 e. The van der Waals surface area contributed by atoms with Crippen LogP contribution < -0.4 is 10.6 Å². The number of hydrogen-bond acceptors (Lipinski definition) is 5. The van der Waals surface area contributed by atoms with E-state index in [0.29, 0.717) is 16.4 Å². The number of nitrogens with zero attached hydrogens (tertiary/aromatic N) is 2. The first-order chi connectivity index (χ1) is 12.9. The summed E-state index contributed by atoms with van der Waals surface area (Å²) in [5, 5.41) is 6.18. The number of amides is 2. The zero-order chi connectivity index (χ0) is 19.4. The van der Waals surface area contributed by atoms with Crippen LogP contribution in [0.1, 0.15) is 47.6 Å². The molecule has 3 rings (SSSR count). The quantitative estimate of drug-likeness (QED) is 0.817. The molecular formula is C20H26N4O2S. The number of benzene rings is 1. The largest absolute Gasteiger partial charge is 0.326 e. The molecule has 0 aliphatic carbocycles. The van der Waals surface area contributed by atoms with Gasteiger partial charge in [-0.05, 0) is 57.0 Å². The molecule has 0 spiro atoms. The van der Waals surface area contributed by atoms with Crippen LogP contribution in [0.5, 0.6) is 0 Å². The van der Waals surface area contributed by atoms with E-state index < -0.39 is 0 Å². The molecule has 7 heteroatoms. The van der Waals surface area contributed by atoms with Crippen molar-refractivity contribution in [2.45, 2.75) is 40.2 Å². The monoisotopic (exact) mass is 386 g/mol. The number of aromatic nitrogens is 1. The number of thiazole rings is 1. The second-order valence-corrected chi connectivity index (χ2v) is 8.29. The van der Waals surface area contributed by atoms with Gasteiger partial charge in [0, 0.05) is 29.6 Å². The number of anilines is 2. The molecule has 0 radical (unpaired) electrons. The van der Waals surface area contributed by atoms with Crippen molar-refractivity contribution in [2.75, 3.05) is 23.7 Å². The third kappa shape index (κ3) is 5.37. The molecule has 1 aliphatic rings. The van der Waals surface area contributed by atoms with Crippen molar-refractivity contribution in [3.63, 3.8) is 0 Å². The van der Waals surface area contributed by atoms with Gasteiger partial charge in [0.15, 0.2) is 5.13 Å². The van der Waals surface area contributed by atoms with E-state index in [4.69, 9.17) is 0 Å². The van der Waals surface area contributed by atoms with Crippen LogP contribution in [0.2, 0.25) is 0 Å². The molecule has 2 heterocycles. The normalized spacial score (nSPS) is 15.5. The van der Waals surface area contributed by atoms with Crippen LogP contribution in [0.3, 0.4) is 0 Å². The highest BCUT2D eigenvalue weighted by Gasteiger charge is 2.19. The second kappa shape index (κ2) is 8.63. The first kappa shape index (κ1) is 19.5. The lowest BCUT2D eigenvalue weighted by atomic mass is 9.99. The molecule has 144 valence electrons. The van der Waals surface area contributed by atoms with Crippen molar-refractivity contribution in [1.82, 2.24) is 9.88 Å². The van der Waals surface area contributed by atoms with Crippen LogP contribution in [0.4, 0.5) is 10.8 Å². The summed E-state index contributed by atoms with van der Waals surface area (Å²) in [6.45, 7) is 8.88. The zero-order valence-corrected chi connectivity index (χ0v) is 16.9. The molecule has 0 atom stereocenters. The summed E-state index contributed by atoms with van der Waals surface area (Å²) in [5.41, 5.74) is 2.06. The number of rotatable bonds is 5. The molecule has 0 saturated carbocycles. The highest BCUT2D eigenvalue weighted by molar-refractivity contribution is 7.15. The molecule has 0 bridgehead atoms.